The molecule has 0 N–H and O–H groups in total. The third kappa shape index (κ3) is 3.05. The van der Waals surface area contributed by atoms with Crippen molar-refractivity contribution in [3.8, 4) is 0 Å². The number of hydrogen-bond acceptors (Lipinski definition) is 3. The van der Waals surface area contributed by atoms with Crippen LogP contribution in [0.2, 0.25) is 10.0 Å². The van der Waals surface area contributed by atoms with Gasteiger partial charge in [0.2, 0.25) is 5.76 Å². The Bertz CT molecular complexity index is 1380. The van der Waals surface area contributed by atoms with E-state index in [0.717, 1.165) is 4.47 Å². The molecule has 0 spiro atoms. The molecule has 0 bridgehead atoms. The average Bonchev–Trinajstić information content (AvgIpc) is 3.02. The molecule has 3 aromatic carbocycles. The molecule has 1 aliphatic rings. The van der Waals surface area contributed by atoms with Gasteiger partial charge in [-0.1, -0.05) is 51.3 Å². The highest BCUT2D eigenvalue weighted by molar-refractivity contribution is 9.10. The summed E-state index contributed by atoms with van der Waals surface area (Å²) < 4.78 is 6.80. The number of carbonyl (C=O) groups excluding carboxylic acids is 1. The highest BCUT2D eigenvalue weighted by atomic mass is 79.9. The smallest absolute Gasteiger partial charge is 0.295 e. The van der Waals surface area contributed by atoms with Gasteiger partial charge in [-0.25, -0.2) is 0 Å². The molecule has 4 aromatic rings. The molecule has 1 aliphatic heterocycles. The summed E-state index contributed by atoms with van der Waals surface area (Å²) >= 11 is 15.7. The third-order valence-electron chi connectivity index (χ3n) is 5.10. The van der Waals surface area contributed by atoms with E-state index in [1.807, 2.05) is 30.3 Å². The summed E-state index contributed by atoms with van der Waals surface area (Å²) in [6.07, 6.45) is 0. The van der Waals surface area contributed by atoms with Crippen molar-refractivity contribution < 1.29 is 9.21 Å². The van der Waals surface area contributed by atoms with Crippen molar-refractivity contribution in [1.82, 2.24) is 0 Å². The summed E-state index contributed by atoms with van der Waals surface area (Å²) in [6.45, 7) is 0. The van der Waals surface area contributed by atoms with E-state index in [1.165, 1.54) is 0 Å². The molecule has 1 amide bonds. The van der Waals surface area contributed by atoms with Crippen LogP contribution < -0.4 is 10.3 Å². The van der Waals surface area contributed by atoms with Gasteiger partial charge >= 0.3 is 0 Å². The zero-order valence-electron chi connectivity index (χ0n) is 15.2. The number of fused-ring (bicyclic) bond motifs is 2. The number of amides is 1. The van der Waals surface area contributed by atoms with E-state index in [2.05, 4.69) is 15.9 Å². The average molecular weight is 501 g/mol. The quantitative estimate of drug-likeness (QED) is 0.311. The lowest BCUT2D eigenvalue weighted by atomic mass is 9.98. The summed E-state index contributed by atoms with van der Waals surface area (Å²) in [5, 5.41) is 1.26. The SMILES string of the molecule is O=C1c2oc3ccc(Cl)cc3c(=O)c2C(c2cccc(Cl)c2)N1c1ccc(Br)cc1. The van der Waals surface area contributed by atoms with Gasteiger partial charge in [0.25, 0.3) is 5.91 Å². The van der Waals surface area contributed by atoms with Gasteiger partial charge in [-0.05, 0) is 60.2 Å². The van der Waals surface area contributed by atoms with Crippen molar-refractivity contribution in [3.63, 3.8) is 0 Å². The van der Waals surface area contributed by atoms with Gasteiger partial charge in [0.1, 0.15) is 5.58 Å². The van der Waals surface area contributed by atoms with Crippen LogP contribution in [0.1, 0.15) is 27.7 Å². The van der Waals surface area contributed by atoms with Gasteiger partial charge in [-0.3, -0.25) is 14.5 Å². The maximum atomic E-state index is 13.5. The Labute approximate surface area is 189 Å². The topological polar surface area (TPSA) is 50.5 Å². The minimum absolute atomic E-state index is 0.0303. The van der Waals surface area contributed by atoms with Crippen molar-refractivity contribution in [2.75, 3.05) is 4.90 Å². The monoisotopic (exact) mass is 499 g/mol. The first-order valence-electron chi connectivity index (χ1n) is 9.05. The fourth-order valence-electron chi connectivity index (χ4n) is 3.81. The van der Waals surface area contributed by atoms with E-state index >= 15 is 0 Å². The van der Waals surface area contributed by atoms with Crippen LogP contribution >= 0.6 is 39.1 Å². The van der Waals surface area contributed by atoms with Gasteiger partial charge < -0.3 is 4.42 Å². The fraction of sp³-hybridized carbons (Fsp3) is 0.0435. The van der Waals surface area contributed by atoms with Crippen molar-refractivity contribution >= 4 is 61.7 Å². The Kier molecular flexibility index (Phi) is 4.69. The van der Waals surface area contributed by atoms with Gasteiger partial charge in [-0.2, -0.15) is 0 Å². The standard InChI is InChI=1S/C23H12BrCl2NO3/c24-13-4-7-16(8-5-13)27-20(12-2-1-3-14(25)10-12)19-21(28)17-11-15(26)6-9-18(17)30-22(19)23(27)29/h1-11,20H. The molecule has 1 atom stereocenters. The molecule has 148 valence electrons. The van der Waals surface area contributed by atoms with Crippen LogP contribution in [0.5, 0.6) is 0 Å². The predicted molar refractivity (Wildman–Crippen MR) is 122 cm³/mol. The Balaban J connectivity index is 1.83. The summed E-state index contributed by atoms with van der Waals surface area (Å²) in [4.78, 5) is 28.5. The molecule has 1 aromatic heterocycles. The molecule has 0 saturated heterocycles. The van der Waals surface area contributed by atoms with Crippen LogP contribution in [0, 0.1) is 0 Å². The van der Waals surface area contributed by atoms with E-state index in [1.54, 1.807) is 41.3 Å². The second-order valence-electron chi connectivity index (χ2n) is 6.92. The molecular formula is C23H12BrCl2NO3. The molecule has 5 rings (SSSR count). The normalized spacial score (nSPS) is 15.6. The number of rotatable bonds is 2. The molecule has 0 fully saturated rings. The second kappa shape index (κ2) is 7.27. The second-order valence-corrected chi connectivity index (χ2v) is 8.71. The highest BCUT2D eigenvalue weighted by Crippen LogP contribution is 2.42. The van der Waals surface area contributed by atoms with Gasteiger partial charge in [0.15, 0.2) is 5.43 Å². The third-order valence-corrected chi connectivity index (χ3v) is 6.10. The fourth-order valence-corrected chi connectivity index (χ4v) is 4.44. The largest absolute Gasteiger partial charge is 0.450 e. The molecule has 2 heterocycles. The Morgan fingerprint density at radius 3 is 2.37 bits per heavy atom. The molecule has 0 radical (unpaired) electrons. The molecule has 0 saturated carbocycles. The first-order chi connectivity index (χ1) is 14.4. The Hall–Kier alpha value is -2.60. The lowest BCUT2D eigenvalue weighted by molar-refractivity contribution is 0.0971. The first-order valence-corrected chi connectivity index (χ1v) is 10.6. The number of benzene rings is 3. The molecule has 7 heteroatoms. The molecule has 0 aliphatic carbocycles. The molecular weight excluding hydrogens is 489 g/mol. The Morgan fingerprint density at radius 2 is 1.63 bits per heavy atom. The van der Waals surface area contributed by atoms with Gasteiger partial charge in [0.05, 0.1) is 17.0 Å². The summed E-state index contributed by atoms with van der Waals surface area (Å²) in [5.74, 6) is -0.353. The number of nitrogens with zero attached hydrogens (tertiary/aromatic N) is 1. The minimum atomic E-state index is -0.674. The summed E-state index contributed by atoms with van der Waals surface area (Å²) in [6, 6.07) is 18.5. The van der Waals surface area contributed by atoms with E-state index < -0.39 is 6.04 Å². The van der Waals surface area contributed by atoms with Crippen LogP contribution in [0.15, 0.2) is 80.4 Å². The number of halogens is 3. The highest BCUT2D eigenvalue weighted by Gasteiger charge is 2.43. The van der Waals surface area contributed by atoms with Crippen LogP contribution in [0.25, 0.3) is 11.0 Å². The van der Waals surface area contributed by atoms with Crippen molar-refractivity contribution in [2.45, 2.75) is 6.04 Å². The summed E-state index contributed by atoms with van der Waals surface area (Å²) in [7, 11) is 0. The van der Waals surface area contributed by atoms with Gasteiger partial charge in [0, 0.05) is 20.2 Å². The number of carbonyl (C=O) groups is 1. The maximum Gasteiger partial charge on any atom is 0.295 e. The minimum Gasteiger partial charge on any atom is -0.450 e. The van der Waals surface area contributed by atoms with E-state index in [4.69, 9.17) is 27.6 Å². The number of anilines is 1. The van der Waals surface area contributed by atoms with Crippen molar-refractivity contribution in [1.29, 1.82) is 0 Å². The van der Waals surface area contributed by atoms with Crippen LogP contribution in [0.3, 0.4) is 0 Å². The van der Waals surface area contributed by atoms with Crippen LogP contribution in [-0.4, -0.2) is 5.91 Å². The van der Waals surface area contributed by atoms with E-state index in [0.29, 0.717) is 32.3 Å². The Morgan fingerprint density at radius 1 is 0.900 bits per heavy atom. The van der Waals surface area contributed by atoms with E-state index in [9.17, 15) is 9.59 Å². The molecule has 30 heavy (non-hydrogen) atoms. The molecule has 1 unspecified atom stereocenters. The van der Waals surface area contributed by atoms with Crippen LogP contribution in [-0.2, 0) is 0 Å². The van der Waals surface area contributed by atoms with Crippen LogP contribution in [0.4, 0.5) is 5.69 Å². The lowest BCUT2D eigenvalue weighted by Crippen LogP contribution is -2.29. The zero-order chi connectivity index (χ0) is 21.0. The predicted octanol–water partition coefficient (Wildman–Crippen LogP) is 6.61. The summed E-state index contributed by atoms with van der Waals surface area (Å²) in [5.41, 5.74) is 1.66. The zero-order valence-corrected chi connectivity index (χ0v) is 18.3. The first kappa shape index (κ1) is 19.4. The lowest BCUT2D eigenvalue weighted by Gasteiger charge is -2.25. The van der Waals surface area contributed by atoms with Crippen molar-refractivity contribution in [2.24, 2.45) is 0 Å². The van der Waals surface area contributed by atoms with Crippen molar-refractivity contribution in [3.05, 3.63) is 108 Å². The maximum absolute atomic E-state index is 13.5. The van der Waals surface area contributed by atoms with Gasteiger partial charge in [-0.15, -0.1) is 0 Å². The molecule has 4 nitrogen and oxygen atoms in total. The van der Waals surface area contributed by atoms with E-state index in [-0.39, 0.29) is 22.7 Å². The number of hydrogen-bond donors (Lipinski definition) is 0.